The van der Waals surface area contributed by atoms with Crippen LogP contribution < -0.4 is 5.73 Å². The lowest BCUT2D eigenvalue weighted by atomic mass is 10.3. The Labute approximate surface area is 76.9 Å². The van der Waals surface area contributed by atoms with Crippen molar-refractivity contribution in [1.29, 1.82) is 0 Å². The largest absolute Gasteiger partial charge is 0.393 e. The van der Waals surface area contributed by atoms with Crippen LogP contribution in [0.25, 0.3) is 0 Å². The van der Waals surface area contributed by atoms with Crippen LogP contribution in [0.5, 0.6) is 0 Å². The van der Waals surface area contributed by atoms with Gasteiger partial charge in [-0.25, -0.2) is 0 Å². The van der Waals surface area contributed by atoms with Crippen molar-refractivity contribution in [3.05, 3.63) is 58.5 Å². The van der Waals surface area contributed by atoms with Gasteiger partial charge in [-0.1, -0.05) is 24.8 Å². The summed E-state index contributed by atoms with van der Waals surface area (Å²) < 4.78 is 0. The van der Waals surface area contributed by atoms with Gasteiger partial charge in [-0.15, -0.1) is 0 Å². The third kappa shape index (κ3) is 3.91. The van der Waals surface area contributed by atoms with Crippen LogP contribution in [0.3, 0.4) is 0 Å². The number of rotatable bonds is 4. The van der Waals surface area contributed by atoms with Crippen LogP contribution in [0.15, 0.2) is 48.4 Å². The minimum atomic E-state index is -0.532. The number of hydrogen-bond donors (Lipinski definition) is 1. The molecule has 0 radical (unpaired) electrons. The van der Waals surface area contributed by atoms with Crippen molar-refractivity contribution >= 4 is 0 Å². The maximum absolute atomic E-state index is 10.5. The van der Waals surface area contributed by atoms with Gasteiger partial charge in [0.05, 0.1) is 4.92 Å². The Hall–Kier alpha value is -1.84. The molecule has 0 unspecified atom stereocenters. The predicted octanol–water partition coefficient (Wildman–Crippen LogP) is 1.75. The molecule has 2 N–H and O–H groups in total. The number of nitrogens with zero attached hydrogens (tertiary/aromatic N) is 1. The lowest BCUT2D eigenvalue weighted by Crippen LogP contribution is -2.05. The van der Waals surface area contributed by atoms with E-state index in [0.717, 1.165) is 0 Å². The standard InChI is InChI=1S/C9H12N2O2/c1-3-5-7-9(11(12)13)8(10)6-4-2/h3-7H,1,10H2,2H3/b6-4-,7-5-,9-8-. The molecule has 0 aliphatic carbocycles. The van der Waals surface area contributed by atoms with E-state index >= 15 is 0 Å². The molecule has 0 rings (SSSR count). The lowest BCUT2D eigenvalue weighted by molar-refractivity contribution is -0.420. The molecule has 0 aliphatic rings. The highest BCUT2D eigenvalue weighted by Crippen LogP contribution is 2.03. The van der Waals surface area contributed by atoms with Crippen LogP contribution in [0.2, 0.25) is 0 Å². The molecule has 0 saturated heterocycles. The minimum Gasteiger partial charge on any atom is -0.393 e. The number of allylic oxidation sites excluding steroid dienone is 5. The quantitative estimate of drug-likeness (QED) is 0.407. The fourth-order valence-electron chi connectivity index (χ4n) is 0.687. The summed E-state index contributed by atoms with van der Waals surface area (Å²) in [5.74, 6) is 0. The average molecular weight is 180 g/mol. The normalized spacial score (nSPS) is 13.3. The van der Waals surface area contributed by atoms with Gasteiger partial charge in [0.2, 0.25) is 0 Å². The van der Waals surface area contributed by atoms with Crippen molar-refractivity contribution in [3.8, 4) is 0 Å². The first-order valence-electron chi connectivity index (χ1n) is 3.69. The molecule has 0 saturated carbocycles. The molecule has 0 fully saturated rings. The van der Waals surface area contributed by atoms with Crippen molar-refractivity contribution < 1.29 is 4.92 Å². The van der Waals surface area contributed by atoms with Gasteiger partial charge in [0, 0.05) is 6.08 Å². The topological polar surface area (TPSA) is 69.2 Å². The van der Waals surface area contributed by atoms with Crippen LogP contribution in [-0.4, -0.2) is 4.92 Å². The third-order valence-electron chi connectivity index (χ3n) is 1.23. The fourth-order valence-corrected chi connectivity index (χ4v) is 0.687. The van der Waals surface area contributed by atoms with Crippen LogP contribution in [-0.2, 0) is 0 Å². The van der Waals surface area contributed by atoms with E-state index in [4.69, 9.17) is 5.73 Å². The highest BCUT2D eigenvalue weighted by molar-refractivity contribution is 5.26. The Kier molecular flexibility index (Phi) is 4.95. The molecule has 0 spiro atoms. The zero-order chi connectivity index (χ0) is 10.3. The molecule has 4 nitrogen and oxygen atoms in total. The lowest BCUT2D eigenvalue weighted by Gasteiger charge is -1.93. The van der Waals surface area contributed by atoms with Gasteiger partial charge < -0.3 is 5.73 Å². The first-order valence-corrected chi connectivity index (χ1v) is 3.69. The van der Waals surface area contributed by atoms with E-state index < -0.39 is 4.92 Å². The number of nitrogens with two attached hydrogens (primary N) is 1. The second-order valence-electron chi connectivity index (χ2n) is 2.19. The van der Waals surface area contributed by atoms with Crippen molar-refractivity contribution in [2.75, 3.05) is 0 Å². The molecule has 4 heteroatoms. The number of nitro groups is 1. The fraction of sp³-hybridized carbons (Fsp3) is 0.111. The Morgan fingerprint density at radius 1 is 1.54 bits per heavy atom. The average Bonchev–Trinajstić information content (AvgIpc) is 2.05. The molecule has 0 amide bonds. The highest BCUT2D eigenvalue weighted by Gasteiger charge is 2.09. The van der Waals surface area contributed by atoms with Crippen LogP contribution in [0.4, 0.5) is 0 Å². The second kappa shape index (κ2) is 5.77. The van der Waals surface area contributed by atoms with Gasteiger partial charge in [0.25, 0.3) is 5.70 Å². The minimum absolute atomic E-state index is 0.127. The van der Waals surface area contributed by atoms with Gasteiger partial charge in [-0.2, -0.15) is 0 Å². The van der Waals surface area contributed by atoms with Crippen molar-refractivity contribution in [1.82, 2.24) is 0 Å². The highest BCUT2D eigenvalue weighted by atomic mass is 16.6. The Morgan fingerprint density at radius 2 is 2.15 bits per heavy atom. The van der Waals surface area contributed by atoms with Crippen LogP contribution in [0, 0.1) is 10.1 Å². The van der Waals surface area contributed by atoms with E-state index in [-0.39, 0.29) is 11.4 Å². The molecule has 0 atom stereocenters. The van der Waals surface area contributed by atoms with E-state index in [1.807, 2.05) is 0 Å². The zero-order valence-electron chi connectivity index (χ0n) is 7.43. The summed E-state index contributed by atoms with van der Waals surface area (Å²) in [7, 11) is 0. The van der Waals surface area contributed by atoms with Crippen molar-refractivity contribution in [2.45, 2.75) is 6.92 Å². The summed E-state index contributed by atoms with van der Waals surface area (Å²) in [5.41, 5.74) is 5.44. The van der Waals surface area contributed by atoms with Gasteiger partial charge in [0.15, 0.2) is 0 Å². The molecule has 0 aliphatic heterocycles. The Bertz CT molecular complexity index is 288. The molecular formula is C9H12N2O2. The van der Waals surface area contributed by atoms with Gasteiger partial charge in [-0.05, 0) is 13.0 Å². The molecule has 0 aromatic rings. The van der Waals surface area contributed by atoms with E-state index in [1.165, 1.54) is 24.3 Å². The molecule has 0 aromatic carbocycles. The first-order chi connectivity index (χ1) is 6.13. The molecule has 70 valence electrons. The van der Waals surface area contributed by atoms with E-state index in [9.17, 15) is 10.1 Å². The molecular weight excluding hydrogens is 168 g/mol. The third-order valence-corrected chi connectivity index (χ3v) is 1.23. The summed E-state index contributed by atoms with van der Waals surface area (Å²) in [4.78, 5) is 9.94. The Balaban J connectivity index is 4.98. The molecule has 0 aromatic heterocycles. The first kappa shape index (κ1) is 11.2. The summed E-state index contributed by atoms with van der Waals surface area (Å²) >= 11 is 0. The maximum Gasteiger partial charge on any atom is 0.292 e. The van der Waals surface area contributed by atoms with E-state index in [1.54, 1.807) is 13.0 Å². The van der Waals surface area contributed by atoms with Gasteiger partial charge >= 0.3 is 0 Å². The van der Waals surface area contributed by atoms with E-state index in [2.05, 4.69) is 6.58 Å². The predicted molar refractivity (Wildman–Crippen MR) is 52.4 cm³/mol. The van der Waals surface area contributed by atoms with Gasteiger partial charge in [-0.3, -0.25) is 10.1 Å². The molecule has 0 bridgehead atoms. The summed E-state index contributed by atoms with van der Waals surface area (Å²) in [6.45, 7) is 5.14. The monoisotopic (exact) mass is 180 g/mol. The van der Waals surface area contributed by atoms with Crippen LogP contribution >= 0.6 is 0 Å². The Morgan fingerprint density at radius 3 is 2.54 bits per heavy atom. The molecule has 13 heavy (non-hydrogen) atoms. The summed E-state index contributed by atoms with van der Waals surface area (Å²) in [5, 5.41) is 10.5. The van der Waals surface area contributed by atoms with Crippen molar-refractivity contribution in [3.63, 3.8) is 0 Å². The SMILES string of the molecule is C=C\C=C/C(=C(N)\C=C/C)[N+](=O)[O-]. The zero-order valence-corrected chi connectivity index (χ0v) is 7.43. The van der Waals surface area contributed by atoms with E-state index in [0.29, 0.717) is 0 Å². The van der Waals surface area contributed by atoms with Gasteiger partial charge in [0.1, 0.15) is 5.70 Å². The van der Waals surface area contributed by atoms with Crippen LogP contribution in [0.1, 0.15) is 6.92 Å². The number of hydrogen-bond acceptors (Lipinski definition) is 3. The summed E-state index contributed by atoms with van der Waals surface area (Å²) in [6, 6.07) is 0. The van der Waals surface area contributed by atoms with Crippen molar-refractivity contribution in [2.24, 2.45) is 5.73 Å². The maximum atomic E-state index is 10.5. The molecule has 0 heterocycles. The summed E-state index contributed by atoms with van der Waals surface area (Å²) in [6.07, 6.45) is 7.34. The smallest absolute Gasteiger partial charge is 0.292 e. The second-order valence-corrected chi connectivity index (χ2v) is 2.19.